The summed E-state index contributed by atoms with van der Waals surface area (Å²) in [5.74, 6) is 0. The van der Waals surface area contributed by atoms with Crippen molar-refractivity contribution in [1.29, 1.82) is 0 Å². The Morgan fingerprint density at radius 1 is 1.50 bits per heavy atom. The van der Waals surface area contributed by atoms with Crippen LogP contribution in [0.25, 0.3) is 0 Å². The van der Waals surface area contributed by atoms with E-state index in [2.05, 4.69) is 0 Å². The van der Waals surface area contributed by atoms with Gasteiger partial charge in [0.1, 0.15) is 0 Å². The minimum atomic E-state index is -0.0918. The summed E-state index contributed by atoms with van der Waals surface area (Å²) in [5, 5.41) is 0. The second kappa shape index (κ2) is 20.8. The SMILES string of the molecule is [AlH2][SiH3].[O]=[Th]. The molecule has 4 heteroatoms. The fourth-order valence-corrected chi connectivity index (χ4v) is 0. The van der Waals surface area contributed by atoms with E-state index in [0.717, 1.165) is 0 Å². The molecule has 0 radical (unpaired) electrons. The van der Waals surface area contributed by atoms with Crippen LogP contribution >= 0.6 is 0 Å². The summed E-state index contributed by atoms with van der Waals surface area (Å²) in [6.45, 7) is 0. The number of hydrogen-bond acceptors (Lipinski definition) is 1. The molecule has 0 aliphatic carbocycles. The van der Waals surface area contributed by atoms with Crippen LogP contribution in [0.1, 0.15) is 0 Å². The van der Waals surface area contributed by atoms with Crippen molar-refractivity contribution in [2.75, 3.05) is 0 Å². The van der Waals surface area contributed by atoms with Crippen LogP contribution < -0.4 is 0 Å². The molecule has 0 aliphatic heterocycles. The van der Waals surface area contributed by atoms with Gasteiger partial charge < -0.3 is 0 Å². The van der Waals surface area contributed by atoms with Crippen LogP contribution in [0, 0.1) is 38.0 Å². The van der Waals surface area contributed by atoms with Gasteiger partial charge >= 0.3 is 39.2 Å². The first-order valence-electron chi connectivity index (χ1n) is 1.20. The van der Waals surface area contributed by atoms with Crippen molar-refractivity contribution in [3.8, 4) is 0 Å². The molecule has 0 saturated heterocycles. The standard InChI is InChI=1S/Al.O.H3Si.Th.2H/h;;1H3;;;. The summed E-state index contributed by atoms with van der Waals surface area (Å²) in [6, 6.07) is 0. The van der Waals surface area contributed by atoms with Crippen LogP contribution in [0.2, 0.25) is 0 Å². The molecular weight excluding hydrogens is 303 g/mol. The Kier molecular flexibility index (Phi) is 48.4. The molecule has 0 N–H and O–H groups in total. The molecule has 0 rings (SSSR count). The first-order chi connectivity index (χ1) is 2.00. The van der Waals surface area contributed by atoms with Gasteiger partial charge in [-0.05, 0) is 0 Å². The van der Waals surface area contributed by atoms with Gasteiger partial charge in [-0.15, -0.1) is 0 Å². The predicted octanol–water partition coefficient (Wildman–Crippen LogP) is -2.22. The summed E-state index contributed by atoms with van der Waals surface area (Å²) in [5.41, 5.74) is 0. The van der Waals surface area contributed by atoms with Gasteiger partial charge in [0.25, 0.3) is 0 Å². The van der Waals surface area contributed by atoms with E-state index >= 15 is 0 Å². The minimum absolute atomic E-state index is 0.0918. The predicted molar refractivity (Wildman–Crippen MR) is 19.2 cm³/mol. The van der Waals surface area contributed by atoms with Gasteiger partial charge in [0.2, 0.25) is 0 Å². The van der Waals surface area contributed by atoms with Crippen molar-refractivity contribution in [3.05, 3.63) is 0 Å². The van der Waals surface area contributed by atoms with Crippen molar-refractivity contribution in [3.63, 3.8) is 0 Å². The molecule has 0 amide bonds. The molecule has 0 fully saturated rings. The van der Waals surface area contributed by atoms with Crippen molar-refractivity contribution < 1.29 is 39.2 Å². The fraction of sp³-hybridized carbons (Fsp3) is 0. The zero-order chi connectivity index (χ0) is 4.00. The molecule has 0 atom stereocenters. The molecule has 1 nitrogen and oxygen atoms in total. The molecule has 0 aliphatic rings. The Hall–Kier alpha value is 1.87. The normalized spacial score (nSPS) is 3.50. The van der Waals surface area contributed by atoms with Crippen LogP contribution in [0.3, 0.4) is 0 Å². The van der Waals surface area contributed by atoms with Gasteiger partial charge in [-0.1, -0.05) is 8.80 Å². The summed E-state index contributed by atoms with van der Waals surface area (Å²) < 4.78 is 8.42. The molecule has 0 aromatic heterocycles. The van der Waals surface area contributed by atoms with E-state index in [1.165, 1.54) is 24.4 Å². The molecule has 0 aromatic rings. The molecule has 0 bridgehead atoms. The third kappa shape index (κ3) is 9.11. The van der Waals surface area contributed by atoms with Gasteiger partial charge in [-0.2, -0.15) is 0 Å². The Morgan fingerprint density at radius 3 is 1.50 bits per heavy atom. The van der Waals surface area contributed by atoms with E-state index in [1.54, 1.807) is 0 Å². The topological polar surface area (TPSA) is 17.1 Å². The Bertz CT molecular complexity index is 8.00. The van der Waals surface area contributed by atoms with E-state index in [1.807, 2.05) is 0 Å². The molecule has 22 valence electrons. The fourth-order valence-electron chi connectivity index (χ4n) is 0. The quantitative estimate of drug-likeness (QED) is 0.464. The number of hydrogen-bond donors (Lipinski definition) is 0. The number of rotatable bonds is 0. The van der Waals surface area contributed by atoms with E-state index in [-0.39, 0.29) is 38.0 Å². The molecule has 0 spiro atoms. The van der Waals surface area contributed by atoms with Gasteiger partial charge in [0.05, 0.1) is 0 Å². The van der Waals surface area contributed by atoms with E-state index < -0.39 is 0 Å². The van der Waals surface area contributed by atoms with E-state index in [0.29, 0.717) is 0 Å². The van der Waals surface area contributed by atoms with E-state index in [9.17, 15) is 0 Å². The molecule has 4 heavy (non-hydrogen) atoms. The van der Waals surface area contributed by atoms with E-state index in [4.69, 9.17) is 1.16 Å². The molecule has 0 aromatic carbocycles. The van der Waals surface area contributed by atoms with Gasteiger partial charge in [-0.3, -0.25) is 0 Å². The van der Waals surface area contributed by atoms with Crippen molar-refractivity contribution in [1.82, 2.24) is 0 Å². The maximum absolute atomic E-state index is 8.42. The van der Waals surface area contributed by atoms with Crippen molar-refractivity contribution >= 4 is 24.4 Å². The zero-order valence-corrected chi connectivity index (χ0v) is 11.0. The summed E-state index contributed by atoms with van der Waals surface area (Å²) in [4.78, 5) is 0. The van der Waals surface area contributed by atoms with Crippen LogP contribution in [0.15, 0.2) is 0 Å². The Labute approximate surface area is 62.6 Å². The average Bonchev–Trinajstić information content (AvgIpc) is 1.50. The van der Waals surface area contributed by atoms with Crippen molar-refractivity contribution in [2.24, 2.45) is 0 Å². The summed E-state index contributed by atoms with van der Waals surface area (Å²) in [7, 11) is 1.44. The van der Waals surface area contributed by atoms with Crippen LogP contribution in [0.4, 0.5) is 0 Å². The molecule has 0 saturated carbocycles. The first-order valence-corrected chi connectivity index (χ1v) is 10.9. The molecule has 0 unspecified atom stereocenters. The average molecular weight is 308 g/mol. The van der Waals surface area contributed by atoms with Crippen LogP contribution in [0.5, 0.6) is 0 Å². The summed E-state index contributed by atoms with van der Waals surface area (Å²) >= 11 is 1.35. The second-order valence-electron chi connectivity index (χ2n) is 0. The van der Waals surface area contributed by atoms with Crippen LogP contribution in [-0.4, -0.2) is 24.4 Å². The molecular formula is H5AlOSiTh. The zero-order valence-electron chi connectivity index (χ0n) is 2.91. The Morgan fingerprint density at radius 2 is 1.50 bits per heavy atom. The third-order valence-electron chi connectivity index (χ3n) is 0. The van der Waals surface area contributed by atoms with Gasteiger partial charge in [-0.25, -0.2) is 0 Å². The summed E-state index contributed by atoms with van der Waals surface area (Å²) in [6.07, 6.45) is 0. The maximum atomic E-state index is 8.42. The monoisotopic (exact) mass is 308 g/mol. The second-order valence-corrected chi connectivity index (χ2v) is 0. The van der Waals surface area contributed by atoms with Gasteiger partial charge in [0.15, 0.2) is 15.6 Å². The molecule has 0 heterocycles. The Balaban J connectivity index is 0. The van der Waals surface area contributed by atoms with Crippen molar-refractivity contribution in [2.45, 2.75) is 0 Å². The van der Waals surface area contributed by atoms with Crippen LogP contribution in [-0.2, 0) is 1.16 Å². The van der Waals surface area contributed by atoms with Gasteiger partial charge in [0, 0.05) is 0 Å². The third-order valence-corrected chi connectivity index (χ3v) is 0. The first kappa shape index (κ1) is 9.30.